The summed E-state index contributed by atoms with van der Waals surface area (Å²) in [7, 11) is 1.42. The Labute approximate surface area is 332 Å². The number of hydrogen-bond acceptors (Lipinski definition) is 8. The van der Waals surface area contributed by atoms with Gasteiger partial charge >= 0.3 is 0 Å². The molecule has 3 N–H and O–H groups in total. The highest BCUT2D eigenvalue weighted by Crippen LogP contribution is 2.64. The maximum atomic E-state index is 15.3. The smallest absolute Gasteiger partial charge is 0.260 e. The van der Waals surface area contributed by atoms with Crippen LogP contribution in [0.3, 0.4) is 0 Å². The first-order valence-electron chi connectivity index (χ1n) is 18.6. The molecule has 2 aliphatic heterocycles. The molecule has 6 atom stereocenters. The largest absolute Gasteiger partial charge is 0.504 e. The number of allylic oxidation sites excluding steroid dienone is 2. The number of phenols is 1. The second-order valence-electron chi connectivity index (χ2n) is 14.9. The van der Waals surface area contributed by atoms with Crippen molar-refractivity contribution >= 4 is 58.0 Å². The van der Waals surface area contributed by atoms with E-state index in [0.29, 0.717) is 27.5 Å². The van der Waals surface area contributed by atoms with Gasteiger partial charge < -0.3 is 15.2 Å². The number of fused-ring (bicyclic) bond motifs is 4. The minimum Gasteiger partial charge on any atom is -0.504 e. The Morgan fingerprint density at radius 3 is 2.18 bits per heavy atom. The van der Waals surface area contributed by atoms with Crippen molar-refractivity contribution in [1.29, 1.82) is 0 Å². The Morgan fingerprint density at radius 2 is 1.47 bits per heavy atom. The minimum absolute atomic E-state index is 0.0836. The van der Waals surface area contributed by atoms with Crippen LogP contribution in [0.5, 0.6) is 11.5 Å². The van der Waals surface area contributed by atoms with Gasteiger partial charge in [-0.3, -0.25) is 29.5 Å². The van der Waals surface area contributed by atoms with Gasteiger partial charge in [0.05, 0.1) is 41.7 Å². The van der Waals surface area contributed by atoms with Gasteiger partial charge in [-0.25, -0.2) is 4.39 Å². The van der Waals surface area contributed by atoms with Gasteiger partial charge in [-0.05, 0) is 115 Å². The van der Waals surface area contributed by atoms with Crippen LogP contribution in [0.2, 0.25) is 5.02 Å². The molecule has 1 saturated carbocycles. The van der Waals surface area contributed by atoms with Crippen LogP contribution in [0.4, 0.5) is 27.1 Å². The normalized spacial score (nSPS) is 25.1. The van der Waals surface area contributed by atoms with Crippen LogP contribution in [0.1, 0.15) is 29.9 Å². The molecule has 2 saturated heterocycles. The molecule has 0 aromatic heterocycles. The van der Waals surface area contributed by atoms with Crippen LogP contribution in [0, 0.1) is 29.5 Å². The fraction of sp³-hybridized carbons (Fsp3) is 0.200. The summed E-state index contributed by atoms with van der Waals surface area (Å²) in [6.07, 6.45) is 2.28. The molecule has 286 valence electrons. The summed E-state index contributed by atoms with van der Waals surface area (Å²) in [5.74, 6) is -6.21. The van der Waals surface area contributed by atoms with Gasteiger partial charge in [-0.1, -0.05) is 59.6 Å². The first-order valence-corrected chi connectivity index (χ1v) is 19.0. The highest BCUT2D eigenvalue weighted by Gasteiger charge is 2.70. The Bertz CT molecular complexity index is 2460. The number of amides is 4. The van der Waals surface area contributed by atoms with Crippen molar-refractivity contribution in [3.05, 3.63) is 155 Å². The number of ether oxygens (including phenoxy) is 1. The van der Waals surface area contributed by atoms with E-state index in [0.717, 1.165) is 22.0 Å². The van der Waals surface area contributed by atoms with Crippen LogP contribution < -0.4 is 20.4 Å². The number of imide groups is 2. The second-order valence-corrected chi connectivity index (χ2v) is 15.3. The van der Waals surface area contributed by atoms with Crippen LogP contribution in [-0.4, -0.2) is 40.9 Å². The molecular formula is C45H36ClFN4O6. The van der Waals surface area contributed by atoms with Gasteiger partial charge in [0.25, 0.3) is 11.8 Å². The summed E-state index contributed by atoms with van der Waals surface area (Å²) in [6.45, 7) is 0. The first kappa shape index (κ1) is 36.2. The first-order chi connectivity index (χ1) is 27.6. The number of carbonyl (C=O) groups excluding carboxylic acids is 4. The van der Waals surface area contributed by atoms with Crippen molar-refractivity contribution in [2.45, 2.75) is 24.2 Å². The van der Waals surface area contributed by atoms with Crippen molar-refractivity contribution in [2.75, 3.05) is 22.8 Å². The third-order valence-corrected chi connectivity index (χ3v) is 12.2. The van der Waals surface area contributed by atoms with Crippen LogP contribution >= 0.6 is 11.6 Å². The van der Waals surface area contributed by atoms with E-state index in [2.05, 4.69) is 10.7 Å². The molecule has 4 amide bonds. The molecule has 57 heavy (non-hydrogen) atoms. The molecule has 3 fully saturated rings. The summed E-state index contributed by atoms with van der Waals surface area (Å²) < 4.78 is 19.5. The number of hydrazine groups is 1. The maximum Gasteiger partial charge on any atom is 0.260 e. The van der Waals surface area contributed by atoms with E-state index in [9.17, 15) is 23.9 Å². The van der Waals surface area contributed by atoms with Crippen molar-refractivity contribution in [1.82, 2.24) is 5.01 Å². The van der Waals surface area contributed by atoms with E-state index >= 15 is 4.79 Å². The Morgan fingerprint density at radius 1 is 0.789 bits per heavy atom. The average Bonchev–Trinajstić information content (AvgIpc) is 3.60. The quantitative estimate of drug-likeness (QED) is 0.106. The molecule has 5 aromatic rings. The fourth-order valence-electron chi connectivity index (χ4n) is 9.54. The average molecular weight is 783 g/mol. The van der Waals surface area contributed by atoms with E-state index in [-0.39, 0.29) is 36.2 Å². The van der Waals surface area contributed by atoms with Crippen molar-refractivity contribution in [2.24, 2.45) is 23.7 Å². The van der Waals surface area contributed by atoms with Crippen LogP contribution in [-0.2, 0) is 24.6 Å². The Hall–Kier alpha value is -6.46. The number of para-hydroxylation sites is 1. The zero-order valence-electron chi connectivity index (χ0n) is 30.6. The number of nitrogens with zero attached hydrogens (tertiary/aromatic N) is 2. The summed E-state index contributed by atoms with van der Waals surface area (Å²) in [5.41, 5.74) is 5.64. The van der Waals surface area contributed by atoms with E-state index in [4.69, 9.17) is 16.3 Å². The number of methoxy groups -OCH3 is 1. The van der Waals surface area contributed by atoms with Gasteiger partial charge in [0.2, 0.25) is 11.8 Å². The third kappa shape index (κ3) is 5.75. The molecule has 0 spiro atoms. The molecule has 0 radical (unpaired) electrons. The van der Waals surface area contributed by atoms with Crippen LogP contribution in [0.25, 0.3) is 0 Å². The lowest BCUT2D eigenvalue weighted by Crippen LogP contribution is -2.53. The van der Waals surface area contributed by atoms with Gasteiger partial charge in [0.1, 0.15) is 5.82 Å². The Balaban J connectivity index is 1.16. The van der Waals surface area contributed by atoms with E-state index in [1.807, 2.05) is 48.5 Å². The summed E-state index contributed by atoms with van der Waals surface area (Å²) in [5, 5.41) is 15.4. The molecule has 2 heterocycles. The molecular weight excluding hydrogens is 747 g/mol. The number of phenolic OH excluding ortho intramolecular Hbond substituents is 1. The van der Waals surface area contributed by atoms with Gasteiger partial charge in [0.15, 0.2) is 11.5 Å². The monoisotopic (exact) mass is 782 g/mol. The molecule has 10 nitrogen and oxygen atoms in total. The predicted molar refractivity (Wildman–Crippen MR) is 212 cm³/mol. The lowest BCUT2D eigenvalue weighted by molar-refractivity contribution is -0.138. The number of aromatic hydroxyl groups is 1. The van der Waals surface area contributed by atoms with Gasteiger partial charge in [-0.2, -0.15) is 5.01 Å². The number of rotatable bonds is 8. The van der Waals surface area contributed by atoms with Crippen LogP contribution in [0.15, 0.2) is 133 Å². The van der Waals surface area contributed by atoms with Gasteiger partial charge in [0, 0.05) is 22.3 Å². The topological polar surface area (TPSA) is 128 Å². The lowest BCUT2D eigenvalue weighted by atomic mass is 9.49. The third-order valence-electron chi connectivity index (χ3n) is 12.0. The fourth-order valence-corrected chi connectivity index (χ4v) is 9.67. The SMILES string of the molecule is COc1cc([C@H]2C3=CC[C@@H]4C(=O)N(c5ccc(Nc6ccccc6)cc5)C(=O)[C@@H]4[C@@H]3C[C@H]3C(=O)N(Nc4ccc(F)cc4)C(=O)[C@@]23c2ccc(Cl)cc2)ccc1O. The number of carbonyl (C=O) groups is 4. The zero-order valence-corrected chi connectivity index (χ0v) is 31.3. The van der Waals surface area contributed by atoms with E-state index in [1.165, 1.54) is 42.3 Å². The van der Waals surface area contributed by atoms with E-state index < -0.39 is 52.6 Å². The molecule has 0 bridgehead atoms. The molecule has 0 unspecified atom stereocenters. The molecule has 2 aliphatic carbocycles. The van der Waals surface area contributed by atoms with E-state index in [1.54, 1.807) is 48.5 Å². The predicted octanol–water partition coefficient (Wildman–Crippen LogP) is 8.13. The van der Waals surface area contributed by atoms with Gasteiger partial charge in [-0.15, -0.1) is 0 Å². The molecule has 5 aromatic carbocycles. The standard InChI is InChI=1S/C45H36ClFN4O6/c1-57-38-23-25(7-22-37(38)52)40-33-20-21-34-39(43(55)50(41(34)53)32-18-16-30(17-19-32)48-29-5-3-2-4-6-29)35(33)24-36-42(54)51(49-31-14-12-28(47)13-15-31)44(56)45(36,40)26-8-10-27(46)11-9-26/h2-20,22-23,34-36,39-40,48-49,52H,21,24H2,1H3/t34-,35+,36-,39-,40-,45+/m0/s1. The zero-order chi connectivity index (χ0) is 39.6. The second kappa shape index (κ2) is 13.9. The summed E-state index contributed by atoms with van der Waals surface area (Å²) >= 11 is 6.39. The van der Waals surface area contributed by atoms with Crippen molar-refractivity contribution in [3.63, 3.8) is 0 Å². The highest BCUT2D eigenvalue weighted by molar-refractivity contribution is 6.30. The van der Waals surface area contributed by atoms with Crippen molar-refractivity contribution < 1.29 is 33.4 Å². The highest BCUT2D eigenvalue weighted by atomic mass is 35.5. The lowest BCUT2D eigenvalue weighted by Gasteiger charge is -2.50. The Kier molecular flexibility index (Phi) is 8.85. The van der Waals surface area contributed by atoms with Crippen molar-refractivity contribution in [3.8, 4) is 11.5 Å². The molecule has 9 rings (SSSR count). The number of halogens is 2. The summed E-state index contributed by atoms with van der Waals surface area (Å²) in [6, 6.07) is 33.7. The number of nitrogens with one attached hydrogen (secondary N) is 2. The summed E-state index contributed by atoms with van der Waals surface area (Å²) in [4.78, 5) is 60.4. The molecule has 12 heteroatoms. The minimum atomic E-state index is -1.57. The maximum absolute atomic E-state index is 15.3. The number of benzene rings is 5. The number of anilines is 4. The molecule has 4 aliphatic rings. The number of hydrogen-bond donors (Lipinski definition) is 3.